The molecule has 3 N–H and O–H groups in total. The van der Waals surface area contributed by atoms with Gasteiger partial charge in [-0.3, -0.25) is 0 Å². The number of halogens is 1. The molecule has 0 bridgehead atoms. The molecule has 0 saturated heterocycles. The molecule has 1 aromatic carbocycles. The monoisotopic (exact) mass is 278 g/mol. The van der Waals surface area contributed by atoms with Gasteiger partial charge in [-0.15, -0.1) is 12.4 Å². The van der Waals surface area contributed by atoms with Gasteiger partial charge in [0.1, 0.15) is 0 Å². The topological polar surface area (TPSA) is 72.2 Å². The third kappa shape index (κ3) is 4.27. The maximum Gasteiger partial charge on any atom is 0.240 e. The van der Waals surface area contributed by atoms with Crippen LogP contribution in [0.4, 0.5) is 0 Å². The lowest BCUT2D eigenvalue weighted by molar-refractivity contribution is 0.562. The second-order valence-corrected chi connectivity index (χ2v) is 5.72. The second-order valence-electron chi connectivity index (χ2n) is 4.00. The number of sulfonamides is 1. The SMILES string of the molecule is Cc1ccc(S(=O)(=O)N[C@H](C)CN)cc1C.Cl. The van der Waals surface area contributed by atoms with E-state index in [2.05, 4.69) is 4.72 Å². The van der Waals surface area contributed by atoms with E-state index in [1.54, 1.807) is 25.1 Å². The Morgan fingerprint density at radius 1 is 1.29 bits per heavy atom. The lowest BCUT2D eigenvalue weighted by atomic mass is 10.1. The maximum absolute atomic E-state index is 11.9. The summed E-state index contributed by atoms with van der Waals surface area (Å²) in [6.07, 6.45) is 0. The van der Waals surface area contributed by atoms with E-state index < -0.39 is 10.0 Å². The molecule has 0 saturated carbocycles. The van der Waals surface area contributed by atoms with Gasteiger partial charge in [0.25, 0.3) is 0 Å². The van der Waals surface area contributed by atoms with E-state index in [1.165, 1.54) is 0 Å². The van der Waals surface area contributed by atoms with Crippen LogP contribution in [0, 0.1) is 13.8 Å². The molecule has 0 radical (unpaired) electrons. The van der Waals surface area contributed by atoms with Crippen LogP contribution in [0.25, 0.3) is 0 Å². The van der Waals surface area contributed by atoms with Crippen LogP contribution in [-0.4, -0.2) is 21.0 Å². The Hall–Kier alpha value is -0.620. The molecule has 98 valence electrons. The van der Waals surface area contributed by atoms with Crippen molar-refractivity contribution in [3.63, 3.8) is 0 Å². The first kappa shape index (κ1) is 16.4. The minimum atomic E-state index is -3.44. The Morgan fingerprint density at radius 3 is 2.35 bits per heavy atom. The highest BCUT2D eigenvalue weighted by Gasteiger charge is 2.16. The van der Waals surface area contributed by atoms with Gasteiger partial charge in [0, 0.05) is 12.6 Å². The fraction of sp³-hybridized carbons (Fsp3) is 0.455. The zero-order chi connectivity index (χ0) is 12.3. The smallest absolute Gasteiger partial charge is 0.240 e. The largest absolute Gasteiger partial charge is 0.329 e. The van der Waals surface area contributed by atoms with Crippen LogP contribution in [0.5, 0.6) is 0 Å². The van der Waals surface area contributed by atoms with Gasteiger partial charge < -0.3 is 5.73 Å². The van der Waals surface area contributed by atoms with Crippen LogP contribution >= 0.6 is 12.4 Å². The Bertz CT molecular complexity index is 474. The lowest BCUT2D eigenvalue weighted by Gasteiger charge is -2.12. The molecular formula is C11H19ClN2O2S. The first-order valence-corrected chi connectivity index (χ1v) is 6.65. The number of nitrogens with two attached hydrogens (primary N) is 1. The normalized spacial score (nSPS) is 12.9. The Balaban J connectivity index is 0.00000256. The zero-order valence-electron chi connectivity index (χ0n) is 10.2. The Kier molecular flexibility index (Phi) is 6.12. The van der Waals surface area contributed by atoms with Crippen molar-refractivity contribution in [2.45, 2.75) is 31.7 Å². The van der Waals surface area contributed by atoms with Crippen LogP contribution in [0.2, 0.25) is 0 Å². The predicted octanol–water partition coefficient (Wildman–Crippen LogP) is 1.35. The number of hydrogen-bond acceptors (Lipinski definition) is 3. The first-order valence-electron chi connectivity index (χ1n) is 5.16. The molecule has 1 aromatic rings. The van der Waals surface area contributed by atoms with Crippen LogP contribution in [-0.2, 0) is 10.0 Å². The van der Waals surface area contributed by atoms with Crippen molar-refractivity contribution in [1.29, 1.82) is 0 Å². The molecule has 17 heavy (non-hydrogen) atoms. The summed E-state index contributed by atoms with van der Waals surface area (Å²) in [6, 6.07) is 4.82. The highest BCUT2D eigenvalue weighted by molar-refractivity contribution is 7.89. The molecule has 0 aliphatic carbocycles. The van der Waals surface area contributed by atoms with Crippen molar-refractivity contribution in [1.82, 2.24) is 4.72 Å². The number of rotatable bonds is 4. The second kappa shape index (κ2) is 6.35. The molecule has 1 atom stereocenters. The van der Waals surface area contributed by atoms with Gasteiger partial charge in [0.05, 0.1) is 4.90 Å². The summed E-state index contributed by atoms with van der Waals surface area (Å²) in [7, 11) is -3.44. The number of nitrogens with one attached hydrogen (secondary N) is 1. The molecule has 0 amide bonds. The summed E-state index contributed by atoms with van der Waals surface area (Å²) in [5.41, 5.74) is 7.42. The maximum atomic E-state index is 11.9. The molecule has 0 spiro atoms. The first-order chi connectivity index (χ1) is 7.36. The molecule has 0 aliphatic rings. The van der Waals surface area contributed by atoms with Gasteiger partial charge in [-0.05, 0) is 44.0 Å². The van der Waals surface area contributed by atoms with E-state index in [0.29, 0.717) is 0 Å². The standard InChI is InChI=1S/C11H18N2O2S.ClH/c1-8-4-5-11(6-9(8)2)16(14,15)13-10(3)7-12;/h4-6,10,13H,7,12H2,1-3H3;1H/t10-;/m1./s1. The van der Waals surface area contributed by atoms with Crippen molar-refractivity contribution in [3.05, 3.63) is 29.3 Å². The molecule has 6 heteroatoms. The minimum Gasteiger partial charge on any atom is -0.329 e. The molecule has 0 heterocycles. The predicted molar refractivity (Wildman–Crippen MR) is 72.0 cm³/mol. The molecule has 0 aromatic heterocycles. The van der Waals surface area contributed by atoms with Gasteiger partial charge >= 0.3 is 0 Å². The molecule has 1 rings (SSSR count). The zero-order valence-corrected chi connectivity index (χ0v) is 11.9. The van der Waals surface area contributed by atoms with Crippen molar-refractivity contribution in [2.24, 2.45) is 5.73 Å². The summed E-state index contributed by atoms with van der Waals surface area (Å²) in [6.45, 7) is 5.85. The molecule has 0 aliphatic heterocycles. The lowest BCUT2D eigenvalue weighted by Crippen LogP contribution is -2.37. The highest BCUT2D eigenvalue weighted by Crippen LogP contribution is 2.14. The minimum absolute atomic E-state index is 0. The van der Waals surface area contributed by atoms with Crippen molar-refractivity contribution < 1.29 is 8.42 Å². The summed E-state index contributed by atoms with van der Waals surface area (Å²) >= 11 is 0. The summed E-state index contributed by atoms with van der Waals surface area (Å²) < 4.78 is 26.3. The van der Waals surface area contributed by atoms with Crippen molar-refractivity contribution in [3.8, 4) is 0 Å². The third-order valence-corrected chi connectivity index (χ3v) is 4.09. The van der Waals surface area contributed by atoms with Crippen LogP contribution in [0.1, 0.15) is 18.1 Å². The van der Waals surface area contributed by atoms with E-state index in [0.717, 1.165) is 11.1 Å². The average molecular weight is 279 g/mol. The third-order valence-electron chi connectivity index (χ3n) is 2.50. The van der Waals surface area contributed by atoms with Gasteiger partial charge in [-0.2, -0.15) is 0 Å². The summed E-state index contributed by atoms with van der Waals surface area (Å²) in [4.78, 5) is 0.288. The van der Waals surface area contributed by atoms with Gasteiger partial charge in [0.2, 0.25) is 10.0 Å². The quantitative estimate of drug-likeness (QED) is 0.873. The van der Waals surface area contributed by atoms with E-state index >= 15 is 0 Å². The van der Waals surface area contributed by atoms with Crippen molar-refractivity contribution >= 4 is 22.4 Å². The van der Waals surface area contributed by atoms with Gasteiger partial charge in [-0.1, -0.05) is 6.07 Å². The fourth-order valence-corrected chi connectivity index (χ4v) is 2.60. The number of aryl methyl sites for hydroxylation is 2. The molecule has 4 nitrogen and oxygen atoms in total. The van der Waals surface area contributed by atoms with Crippen LogP contribution in [0.3, 0.4) is 0 Å². The highest BCUT2D eigenvalue weighted by atomic mass is 35.5. The van der Waals surface area contributed by atoms with E-state index in [-0.39, 0.29) is 29.9 Å². The fourth-order valence-electron chi connectivity index (χ4n) is 1.26. The van der Waals surface area contributed by atoms with Crippen LogP contribution < -0.4 is 10.5 Å². The summed E-state index contributed by atoms with van der Waals surface area (Å²) in [5, 5.41) is 0. The van der Waals surface area contributed by atoms with E-state index in [4.69, 9.17) is 5.73 Å². The van der Waals surface area contributed by atoms with Gasteiger partial charge in [-0.25, -0.2) is 13.1 Å². The molecular weight excluding hydrogens is 260 g/mol. The number of hydrogen-bond donors (Lipinski definition) is 2. The summed E-state index contributed by atoms with van der Waals surface area (Å²) in [5.74, 6) is 0. The Morgan fingerprint density at radius 2 is 1.88 bits per heavy atom. The average Bonchev–Trinajstić information content (AvgIpc) is 2.21. The van der Waals surface area contributed by atoms with E-state index in [1.807, 2.05) is 13.8 Å². The van der Waals surface area contributed by atoms with Crippen molar-refractivity contribution in [2.75, 3.05) is 6.54 Å². The van der Waals surface area contributed by atoms with Crippen LogP contribution in [0.15, 0.2) is 23.1 Å². The van der Waals surface area contributed by atoms with E-state index in [9.17, 15) is 8.42 Å². The van der Waals surface area contributed by atoms with Gasteiger partial charge in [0.15, 0.2) is 0 Å². The Labute approximate surface area is 109 Å². The molecule has 0 fully saturated rings. The number of benzene rings is 1. The molecule has 0 unspecified atom stereocenters.